The van der Waals surface area contributed by atoms with Gasteiger partial charge in [0.25, 0.3) is 0 Å². The van der Waals surface area contributed by atoms with E-state index in [9.17, 15) is 22.0 Å². The second-order valence-electron chi connectivity index (χ2n) is 3.28. The van der Waals surface area contributed by atoms with Gasteiger partial charge in [-0.1, -0.05) is 0 Å². The Bertz CT molecular complexity index is 568. The maximum Gasteiger partial charge on any atom is 0.422 e. The Morgan fingerprint density at radius 2 is 2.05 bits per heavy atom. The van der Waals surface area contributed by atoms with Crippen molar-refractivity contribution in [2.24, 2.45) is 0 Å². The van der Waals surface area contributed by atoms with E-state index < -0.39 is 39.3 Å². The highest BCUT2D eigenvalue weighted by Crippen LogP contribution is 2.24. The molecule has 0 fully saturated rings. The number of nitrogens with one attached hydrogen (secondary N) is 2. The van der Waals surface area contributed by atoms with Crippen LogP contribution in [-0.2, 0) is 14.9 Å². The lowest BCUT2D eigenvalue weighted by molar-refractivity contribution is 0.159. The van der Waals surface area contributed by atoms with Crippen LogP contribution in [0, 0.1) is 11.6 Å². The van der Waals surface area contributed by atoms with Gasteiger partial charge in [-0.05, 0) is 13.0 Å². The van der Waals surface area contributed by atoms with Crippen molar-refractivity contribution in [1.82, 2.24) is 4.72 Å². The minimum Gasteiger partial charge on any atom is -0.449 e. The quantitative estimate of drug-likeness (QED) is 0.716. The zero-order chi connectivity index (χ0) is 14.6. The van der Waals surface area contributed by atoms with Gasteiger partial charge in [-0.15, -0.1) is 0 Å². The predicted molar refractivity (Wildman–Crippen MR) is 63.5 cm³/mol. The Kier molecular flexibility index (Phi) is 4.48. The lowest BCUT2D eigenvalue weighted by Gasteiger charge is -2.11. The number of hydrogen-bond acceptors (Lipinski definition) is 5. The van der Waals surface area contributed by atoms with Crippen LogP contribution in [0.25, 0.3) is 0 Å². The van der Waals surface area contributed by atoms with Crippen molar-refractivity contribution in [3.8, 4) is 0 Å². The summed E-state index contributed by atoms with van der Waals surface area (Å²) >= 11 is 0. The van der Waals surface area contributed by atoms with Crippen LogP contribution < -0.4 is 15.2 Å². The highest BCUT2D eigenvalue weighted by Gasteiger charge is 2.19. The van der Waals surface area contributed by atoms with Gasteiger partial charge in [0.2, 0.25) is 0 Å². The summed E-state index contributed by atoms with van der Waals surface area (Å²) in [5.41, 5.74) is 4.13. The molecule has 0 spiro atoms. The van der Waals surface area contributed by atoms with E-state index in [4.69, 9.17) is 5.73 Å². The highest BCUT2D eigenvalue weighted by atomic mass is 32.2. The van der Waals surface area contributed by atoms with E-state index in [-0.39, 0.29) is 6.61 Å². The third-order valence-corrected chi connectivity index (χ3v) is 2.72. The topological polar surface area (TPSA) is 111 Å². The van der Waals surface area contributed by atoms with Crippen molar-refractivity contribution in [3.05, 3.63) is 23.8 Å². The Labute approximate surface area is 107 Å². The van der Waals surface area contributed by atoms with Crippen LogP contribution in [0.3, 0.4) is 0 Å². The molecule has 1 aromatic carbocycles. The Balaban J connectivity index is 2.93. The second-order valence-corrected chi connectivity index (χ2v) is 4.69. The summed E-state index contributed by atoms with van der Waals surface area (Å²) in [5, 5.41) is 0. The summed E-state index contributed by atoms with van der Waals surface area (Å²) in [6, 6.07) is 1.17. The average molecular weight is 295 g/mol. The maximum absolute atomic E-state index is 13.3. The predicted octanol–water partition coefficient (Wildman–Crippen LogP) is 0.950. The minimum atomic E-state index is -4.43. The molecule has 0 aliphatic heterocycles. The number of anilines is 2. The van der Waals surface area contributed by atoms with Crippen molar-refractivity contribution in [2.45, 2.75) is 6.92 Å². The number of rotatable bonds is 4. The number of carbonyl (C=O) groups is 1. The number of amides is 1. The largest absolute Gasteiger partial charge is 0.449 e. The lowest BCUT2D eigenvalue weighted by atomic mass is 10.2. The van der Waals surface area contributed by atoms with Crippen molar-refractivity contribution < 1.29 is 26.7 Å². The first kappa shape index (κ1) is 15.0. The molecule has 0 heterocycles. The Morgan fingerprint density at radius 3 is 2.58 bits per heavy atom. The Hall–Kier alpha value is -2.10. The number of ether oxygens (including phenoxy) is 1. The van der Waals surface area contributed by atoms with Crippen LogP contribution in [0.4, 0.5) is 25.0 Å². The number of nitrogens with two attached hydrogens (primary N) is 1. The van der Waals surface area contributed by atoms with Gasteiger partial charge in [0.05, 0.1) is 12.3 Å². The van der Waals surface area contributed by atoms with Crippen LogP contribution in [0.5, 0.6) is 0 Å². The van der Waals surface area contributed by atoms with Gasteiger partial charge in [0, 0.05) is 6.07 Å². The first-order chi connectivity index (χ1) is 8.75. The van der Waals surface area contributed by atoms with Crippen LogP contribution in [-0.4, -0.2) is 21.1 Å². The summed E-state index contributed by atoms with van der Waals surface area (Å²) in [6.07, 6.45) is -1.24. The number of halogens is 2. The minimum absolute atomic E-state index is 0.0472. The average Bonchev–Trinajstić information content (AvgIpc) is 2.23. The third kappa shape index (κ3) is 4.25. The normalized spacial score (nSPS) is 10.9. The molecule has 0 aromatic heterocycles. The Morgan fingerprint density at radius 1 is 1.42 bits per heavy atom. The fourth-order valence-corrected chi connectivity index (χ4v) is 1.94. The molecule has 10 heteroatoms. The summed E-state index contributed by atoms with van der Waals surface area (Å²) in [7, 11) is -4.43. The number of benzene rings is 1. The van der Waals surface area contributed by atoms with Gasteiger partial charge in [0.1, 0.15) is 11.5 Å². The van der Waals surface area contributed by atoms with Crippen molar-refractivity contribution in [2.75, 3.05) is 17.1 Å². The monoisotopic (exact) mass is 295 g/mol. The molecule has 0 aliphatic carbocycles. The summed E-state index contributed by atoms with van der Waals surface area (Å²) < 4.78 is 56.4. The standard InChI is InChI=1S/C9H11F2N3O4S/c1-2-18-9(15)14-19(16,17)13-8-6(11)3-5(10)4-7(8)12/h3-4,13H,2,12H2,1H3,(H,14,15). The fraction of sp³-hybridized carbons (Fsp3) is 0.222. The van der Waals surface area contributed by atoms with Crippen molar-refractivity contribution in [1.29, 1.82) is 0 Å². The van der Waals surface area contributed by atoms with Crippen molar-refractivity contribution >= 4 is 27.7 Å². The zero-order valence-corrected chi connectivity index (χ0v) is 10.6. The third-order valence-electron chi connectivity index (χ3n) is 1.82. The molecular weight excluding hydrogens is 284 g/mol. The number of carbonyl (C=O) groups excluding carboxylic acids is 1. The molecule has 4 N–H and O–H groups in total. The molecule has 1 aromatic rings. The van der Waals surface area contributed by atoms with Gasteiger partial charge < -0.3 is 10.5 Å². The first-order valence-corrected chi connectivity index (χ1v) is 6.45. The second kappa shape index (κ2) is 5.69. The van der Waals surface area contributed by atoms with Crippen molar-refractivity contribution in [3.63, 3.8) is 0 Å². The molecule has 0 saturated heterocycles. The summed E-state index contributed by atoms with van der Waals surface area (Å²) in [5.74, 6) is -2.18. The van der Waals surface area contributed by atoms with Crippen LogP contribution in [0.1, 0.15) is 6.92 Å². The first-order valence-electron chi connectivity index (χ1n) is 4.97. The van der Waals surface area contributed by atoms with Crippen LogP contribution >= 0.6 is 0 Å². The molecule has 19 heavy (non-hydrogen) atoms. The van der Waals surface area contributed by atoms with E-state index in [0.717, 1.165) is 6.07 Å². The fourth-order valence-electron chi connectivity index (χ4n) is 1.13. The van der Waals surface area contributed by atoms with E-state index in [2.05, 4.69) is 4.74 Å². The molecule has 0 radical (unpaired) electrons. The van der Waals surface area contributed by atoms with Gasteiger partial charge >= 0.3 is 16.3 Å². The number of hydrogen-bond donors (Lipinski definition) is 3. The zero-order valence-electron chi connectivity index (χ0n) is 9.74. The molecule has 0 atom stereocenters. The summed E-state index contributed by atoms with van der Waals surface area (Å²) in [6.45, 7) is 1.42. The molecule has 1 amide bonds. The number of nitrogen functional groups attached to an aromatic ring is 1. The summed E-state index contributed by atoms with van der Waals surface area (Å²) in [4.78, 5) is 10.9. The van der Waals surface area contributed by atoms with Gasteiger partial charge in [0.15, 0.2) is 5.82 Å². The molecule has 0 bridgehead atoms. The molecule has 0 saturated carbocycles. The van der Waals surface area contributed by atoms with Gasteiger partial charge in [-0.25, -0.2) is 18.3 Å². The van der Waals surface area contributed by atoms with Crippen LogP contribution in [0.15, 0.2) is 12.1 Å². The van der Waals surface area contributed by atoms with Gasteiger partial charge in [-0.3, -0.25) is 4.72 Å². The SMILES string of the molecule is CCOC(=O)NS(=O)(=O)Nc1c(N)cc(F)cc1F. The molecule has 0 unspecified atom stereocenters. The molecule has 7 nitrogen and oxygen atoms in total. The maximum atomic E-state index is 13.3. The molecule has 1 rings (SSSR count). The molecular formula is C9H11F2N3O4S. The molecule has 106 valence electrons. The van der Waals surface area contributed by atoms with Gasteiger partial charge in [-0.2, -0.15) is 8.42 Å². The van der Waals surface area contributed by atoms with E-state index >= 15 is 0 Å². The lowest BCUT2D eigenvalue weighted by Crippen LogP contribution is -2.36. The van der Waals surface area contributed by atoms with E-state index in [1.54, 1.807) is 4.72 Å². The van der Waals surface area contributed by atoms with E-state index in [1.807, 2.05) is 0 Å². The van der Waals surface area contributed by atoms with Crippen LogP contribution in [0.2, 0.25) is 0 Å². The van der Waals surface area contributed by atoms with E-state index in [0.29, 0.717) is 6.07 Å². The molecule has 0 aliphatic rings. The highest BCUT2D eigenvalue weighted by molar-refractivity contribution is 7.91. The van der Waals surface area contributed by atoms with E-state index in [1.165, 1.54) is 11.6 Å². The smallest absolute Gasteiger partial charge is 0.422 e.